The van der Waals surface area contributed by atoms with Crippen LogP contribution in [0.2, 0.25) is 0 Å². The van der Waals surface area contributed by atoms with Crippen LogP contribution in [0.25, 0.3) is 11.3 Å². The van der Waals surface area contributed by atoms with Gasteiger partial charge >= 0.3 is 0 Å². The first-order valence-corrected chi connectivity index (χ1v) is 11.1. The Bertz CT molecular complexity index is 921. The zero-order valence-corrected chi connectivity index (χ0v) is 18.6. The summed E-state index contributed by atoms with van der Waals surface area (Å²) in [6, 6.07) is 8.43. The zero-order chi connectivity index (χ0) is 21.3. The Labute approximate surface area is 179 Å². The summed E-state index contributed by atoms with van der Waals surface area (Å²) >= 11 is 0. The third-order valence-electron chi connectivity index (χ3n) is 6.65. The van der Waals surface area contributed by atoms with Crippen molar-refractivity contribution in [2.24, 2.45) is 5.92 Å². The molecule has 2 aromatic rings. The summed E-state index contributed by atoms with van der Waals surface area (Å²) in [5.74, 6) is 2.05. The molecule has 1 aromatic carbocycles. The number of piperazine rings is 1. The van der Waals surface area contributed by atoms with Gasteiger partial charge in [0.05, 0.1) is 18.8 Å². The average molecular weight is 408 g/mol. The lowest BCUT2D eigenvalue weighted by atomic mass is 9.77. The van der Waals surface area contributed by atoms with Crippen LogP contribution in [0.4, 0.5) is 0 Å². The Morgan fingerprint density at radius 3 is 2.73 bits per heavy atom. The number of rotatable bonds is 6. The van der Waals surface area contributed by atoms with Gasteiger partial charge in [0.2, 0.25) is 5.91 Å². The predicted molar refractivity (Wildman–Crippen MR) is 120 cm³/mol. The second kappa shape index (κ2) is 8.76. The molecule has 1 aliphatic carbocycles. The molecule has 2 aliphatic rings. The molecule has 30 heavy (non-hydrogen) atoms. The number of ether oxygens (including phenoxy) is 1. The van der Waals surface area contributed by atoms with Crippen LogP contribution in [0.5, 0.6) is 5.75 Å². The number of hydrogen-bond donors (Lipinski definition) is 1. The van der Waals surface area contributed by atoms with Gasteiger partial charge in [0, 0.05) is 31.4 Å². The molecular weight excluding hydrogens is 374 g/mol. The Morgan fingerprint density at radius 1 is 1.27 bits per heavy atom. The van der Waals surface area contributed by atoms with Gasteiger partial charge in [-0.3, -0.25) is 9.78 Å². The van der Waals surface area contributed by atoms with Crippen LogP contribution in [-0.4, -0.2) is 42.0 Å². The average Bonchev–Trinajstić information content (AvgIpc) is 2.69. The molecule has 2 heterocycles. The van der Waals surface area contributed by atoms with Crippen molar-refractivity contribution in [3.8, 4) is 17.0 Å². The quantitative estimate of drug-likeness (QED) is 0.776. The number of hydrogen-bond acceptors (Lipinski definition) is 4. The van der Waals surface area contributed by atoms with Crippen LogP contribution in [0.3, 0.4) is 0 Å². The minimum absolute atomic E-state index is 0.0912. The maximum atomic E-state index is 12.8. The number of carbonyl (C=O) groups is 1. The lowest BCUT2D eigenvalue weighted by Gasteiger charge is -2.35. The molecule has 1 N–H and O–H groups in total. The van der Waals surface area contributed by atoms with Gasteiger partial charge in [-0.15, -0.1) is 0 Å². The number of pyridine rings is 1. The Balaban J connectivity index is 1.60. The van der Waals surface area contributed by atoms with E-state index < -0.39 is 0 Å². The minimum atomic E-state index is -0.0912. The fourth-order valence-electron chi connectivity index (χ4n) is 4.59. The first kappa shape index (κ1) is 20.9. The fraction of sp³-hybridized carbons (Fsp3) is 0.520. The van der Waals surface area contributed by atoms with Gasteiger partial charge in [-0.2, -0.15) is 0 Å². The molecule has 1 amide bonds. The summed E-state index contributed by atoms with van der Waals surface area (Å²) in [5.41, 5.74) is 5.78. The van der Waals surface area contributed by atoms with Gasteiger partial charge in [-0.25, -0.2) is 0 Å². The number of carbonyl (C=O) groups excluding carboxylic acids is 1. The molecule has 1 saturated heterocycles. The molecule has 0 bridgehead atoms. The molecule has 1 saturated carbocycles. The van der Waals surface area contributed by atoms with Gasteiger partial charge < -0.3 is 15.0 Å². The molecule has 0 radical (unpaired) electrons. The number of nitrogens with zero attached hydrogens (tertiary/aromatic N) is 2. The van der Waals surface area contributed by atoms with E-state index in [-0.39, 0.29) is 11.9 Å². The maximum absolute atomic E-state index is 12.8. The number of aromatic nitrogens is 1. The molecule has 5 heteroatoms. The van der Waals surface area contributed by atoms with Gasteiger partial charge in [0.15, 0.2) is 0 Å². The molecule has 1 atom stereocenters. The van der Waals surface area contributed by atoms with E-state index in [4.69, 9.17) is 4.74 Å². The summed E-state index contributed by atoms with van der Waals surface area (Å²) in [6.07, 6.45) is 5.67. The summed E-state index contributed by atoms with van der Waals surface area (Å²) in [6.45, 7) is 8.54. The van der Waals surface area contributed by atoms with Gasteiger partial charge in [-0.05, 0) is 72.6 Å². The molecule has 4 rings (SSSR count). The highest BCUT2D eigenvalue weighted by Gasteiger charge is 2.30. The number of benzene rings is 1. The van der Waals surface area contributed by atoms with Crippen LogP contribution in [0.15, 0.2) is 30.5 Å². The highest BCUT2D eigenvalue weighted by Crippen LogP contribution is 2.42. The van der Waals surface area contributed by atoms with Crippen molar-refractivity contribution in [2.45, 2.75) is 58.5 Å². The molecule has 1 unspecified atom stereocenters. The lowest BCUT2D eigenvalue weighted by molar-refractivity contribution is -0.137. The number of methoxy groups -OCH3 is 1. The number of amides is 1. The van der Waals surface area contributed by atoms with Crippen molar-refractivity contribution in [3.63, 3.8) is 0 Å². The smallest absolute Gasteiger partial charge is 0.240 e. The van der Waals surface area contributed by atoms with Crippen LogP contribution >= 0.6 is 0 Å². The van der Waals surface area contributed by atoms with Crippen molar-refractivity contribution in [2.75, 3.05) is 20.2 Å². The first-order chi connectivity index (χ1) is 14.5. The second-order valence-electron chi connectivity index (χ2n) is 9.01. The monoisotopic (exact) mass is 407 g/mol. The molecule has 1 aliphatic heterocycles. The predicted octanol–water partition coefficient (Wildman–Crippen LogP) is 4.29. The van der Waals surface area contributed by atoms with Crippen molar-refractivity contribution < 1.29 is 9.53 Å². The van der Waals surface area contributed by atoms with E-state index in [1.165, 1.54) is 30.4 Å². The lowest BCUT2D eigenvalue weighted by Crippen LogP contribution is -2.56. The van der Waals surface area contributed by atoms with E-state index in [0.717, 1.165) is 35.7 Å². The van der Waals surface area contributed by atoms with Crippen LogP contribution in [-0.2, 0) is 11.3 Å². The SMILES string of the molecule is COc1cc(-c2cc(CN3CCNC(C(C)C)C3=O)ccn2)cc(C2CCC2)c1C. The zero-order valence-electron chi connectivity index (χ0n) is 18.6. The van der Waals surface area contributed by atoms with Gasteiger partial charge in [-0.1, -0.05) is 20.3 Å². The summed E-state index contributed by atoms with van der Waals surface area (Å²) in [5, 5.41) is 3.35. The third-order valence-corrected chi connectivity index (χ3v) is 6.65. The van der Waals surface area contributed by atoms with Crippen molar-refractivity contribution in [1.82, 2.24) is 15.2 Å². The van der Waals surface area contributed by atoms with Crippen molar-refractivity contribution in [1.29, 1.82) is 0 Å². The molecule has 1 aromatic heterocycles. The first-order valence-electron chi connectivity index (χ1n) is 11.1. The molecule has 160 valence electrons. The Kier molecular flexibility index (Phi) is 6.09. The van der Waals surface area contributed by atoms with Gasteiger partial charge in [0.1, 0.15) is 5.75 Å². The highest BCUT2D eigenvalue weighted by atomic mass is 16.5. The Morgan fingerprint density at radius 2 is 2.07 bits per heavy atom. The summed E-state index contributed by atoms with van der Waals surface area (Å²) in [4.78, 5) is 19.4. The van der Waals surface area contributed by atoms with Crippen molar-refractivity contribution >= 4 is 5.91 Å². The summed E-state index contributed by atoms with van der Waals surface area (Å²) < 4.78 is 5.68. The van der Waals surface area contributed by atoms with E-state index in [1.54, 1.807) is 7.11 Å². The highest BCUT2D eigenvalue weighted by molar-refractivity contribution is 5.83. The van der Waals surface area contributed by atoms with Gasteiger partial charge in [0.25, 0.3) is 0 Å². The molecule has 5 nitrogen and oxygen atoms in total. The van der Waals surface area contributed by atoms with E-state index >= 15 is 0 Å². The third kappa shape index (κ3) is 4.08. The molecular formula is C25H33N3O2. The topological polar surface area (TPSA) is 54.5 Å². The largest absolute Gasteiger partial charge is 0.496 e. The minimum Gasteiger partial charge on any atom is -0.496 e. The van der Waals surface area contributed by atoms with Crippen LogP contribution < -0.4 is 10.1 Å². The number of nitrogens with one attached hydrogen (secondary N) is 1. The van der Waals surface area contributed by atoms with E-state index in [2.05, 4.69) is 49.3 Å². The van der Waals surface area contributed by atoms with E-state index in [0.29, 0.717) is 18.4 Å². The molecule has 0 spiro atoms. The summed E-state index contributed by atoms with van der Waals surface area (Å²) in [7, 11) is 1.74. The second-order valence-corrected chi connectivity index (χ2v) is 9.01. The van der Waals surface area contributed by atoms with Crippen LogP contribution in [0.1, 0.15) is 55.7 Å². The van der Waals surface area contributed by atoms with Crippen molar-refractivity contribution in [3.05, 3.63) is 47.2 Å². The normalized spacial score (nSPS) is 19.8. The van der Waals surface area contributed by atoms with E-state index in [9.17, 15) is 4.79 Å². The fourth-order valence-corrected chi connectivity index (χ4v) is 4.59. The Hall–Kier alpha value is -2.40. The standard InChI is InChI=1S/C25H33N3O2/c1-16(2)24-25(29)28(11-10-27-24)15-18-8-9-26-22(12-18)20-13-21(19-6-5-7-19)17(3)23(14-20)30-4/h8-9,12-14,16,19,24,27H,5-7,10-11,15H2,1-4H3. The molecule has 2 fully saturated rings. The maximum Gasteiger partial charge on any atom is 0.240 e. The van der Waals surface area contributed by atoms with Crippen LogP contribution in [0, 0.1) is 12.8 Å². The van der Waals surface area contributed by atoms with E-state index in [1.807, 2.05) is 17.2 Å².